The van der Waals surface area contributed by atoms with Gasteiger partial charge in [-0.3, -0.25) is 0 Å². The number of nitrogens with two attached hydrogens (primary N) is 1. The molecule has 0 unspecified atom stereocenters. The average Bonchev–Trinajstić information content (AvgIpc) is 2.54. The van der Waals surface area contributed by atoms with Crippen LogP contribution in [0.2, 0.25) is 0 Å². The lowest BCUT2D eigenvalue weighted by atomic mass is 9.92. The Morgan fingerprint density at radius 1 is 1.14 bits per heavy atom. The number of rotatable bonds is 3. The Balaban J connectivity index is 1.83. The highest BCUT2D eigenvalue weighted by atomic mass is 16.5. The Labute approximate surface area is 123 Å². The summed E-state index contributed by atoms with van der Waals surface area (Å²) in [5.74, 6) is 1.15. The molecule has 0 spiro atoms. The maximum atomic E-state index is 8.68. The average molecular weight is 283 g/mol. The van der Waals surface area contributed by atoms with Crippen molar-refractivity contribution in [3.63, 3.8) is 0 Å². The molecule has 0 amide bonds. The molecule has 5 nitrogen and oxygen atoms in total. The molecule has 0 radical (unpaired) electrons. The smallest absolute Gasteiger partial charge is 0.219 e. The summed E-state index contributed by atoms with van der Waals surface area (Å²) in [6.07, 6.45) is 4.74. The highest BCUT2D eigenvalue weighted by molar-refractivity contribution is 5.95. The maximum Gasteiger partial charge on any atom is 0.219 e. The van der Waals surface area contributed by atoms with Gasteiger partial charge >= 0.3 is 0 Å². The predicted molar refractivity (Wildman–Crippen MR) is 79.9 cm³/mol. The maximum absolute atomic E-state index is 8.68. The highest BCUT2D eigenvalue weighted by Crippen LogP contribution is 2.27. The molecule has 1 aliphatic carbocycles. The molecule has 0 saturated heterocycles. The second-order valence-corrected chi connectivity index (χ2v) is 5.09. The summed E-state index contributed by atoms with van der Waals surface area (Å²) in [6, 6.07) is 11.3. The molecule has 3 N–H and O–H groups in total. The second kappa shape index (κ2) is 5.83. The van der Waals surface area contributed by atoms with Gasteiger partial charge in [-0.1, -0.05) is 17.3 Å². The largest absolute Gasteiger partial charge is 0.439 e. The minimum absolute atomic E-state index is 0.0362. The van der Waals surface area contributed by atoms with Crippen LogP contribution in [0, 0.1) is 0 Å². The van der Waals surface area contributed by atoms with E-state index < -0.39 is 0 Å². The SMILES string of the molecule is NC(=NO)c1cccc(Oc2ccc3c(c2)CCCC3)n1. The van der Waals surface area contributed by atoms with Gasteiger partial charge in [0.05, 0.1) is 0 Å². The fourth-order valence-corrected chi connectivity index (χ4v) is 2.56. The van der Waals surface area contributed by atoms with Crippen molar-refractivity contribution < 1.29 is 9.94 Å². The molecule has 0 saturated carbocycles. The van der Waals surface area contributed by atoms with E-state index in [0.29, 0.717) is 11.6 Å². The van der Waals surface area contributed by atoms with Gasteiger partial charge in [0.25, 0.3) is 0 Å². The number of oxime groups is 1. The number of amidine groups is 1. The molecular weight excluding hydrogens is 266 g/mol. The van der Waals surface area contributed by atoms with Crippen molar-refractivity contribution in [3.05, 3.63) is 53.2 Å². The van der Waals surface area contributed by atoms with Gasteiger partial charge in [0, 0.05) is 6.07 Å². The monoisotopic (exact) mass is 283 g/mol. The Kier molecular flexibility index (Phi) is 3.73. The third-order valence-corrected chi connectivity index (χ3v) is 3.64. The van der Waals surface area contributed by atoms with Crippen LogP contribution in [-0.4, -0.2) is 16.0 Å². The molecule has 1 aromatic heterocycles. The van der Waals surface area contributed by atoms with Crippen LogP contribution < -0.4 is 10.5 Å². The van der Waals surface area contributed by atoms with Crippen molar-refractivity contribution in [3.8, 4) is 11.6 Å². The minimum atomic E-state index is -0.0362. The minimum Gasteiger partial charge on any atom is -0.439 e. The van der Waals surface area contributed by atoms with Gasteiger partial charge in [0.2, 0.25) is 5.88 Å². The predicted octanol–water partition coefficient (Wildman–Crippen LogP) is 2.85. The van der Waals surface area contributed by atoms with Gasteiger partial charge in [-0.05, 0) is 55.0 Å². The van der Waals surface area contributed by atoms with E-state index in [1.807, 2.05) is 6.07 Å². The fraction of sp³-hybridized carbons (Fsp3) is 0.250. The van der Waals surface area contributed by atoms with Crippen molar-refractivity contribution in [1.29, 1.82) is 0 Å². The lowest BCUT2D eigenvalue weighted by molar-refractivity contribution is 0.318. The van der Waals surface area contributed by atoms with Crippen LogP contribution in [0.25, 0.3) is 0 Å². The van der Waals surface area contributed by atoms with E-state index in [4.69, 9.17) is 15.7 Å². The van der Waals surface area contributed by atoms with E-state index in [0.717, 1.165) is 18.6 Å². The number of hydrogen-bond acceptors (Lipinski definition) is 4. The zero-order chi connectivity index (χ0) is 14.7. The van der Waals surface area contributed by atoms with Crippen LogP contribution in [0.5, 0.6) is 11.6 Å². The Morgan fingerprint density at radius 2 is 1.95 bits per heavy atom. The van der Waals surface area contributed by atoms with E-state index in [1.165, 1.54) is 24.0 Å². The van der Waals surface area contributed by atoms with Crippen LogP contribution >= 0.6 is 0 Å². The van der Waals surface area contributed by atoms with Crippen molar-refractivity contribution >= 4 is 5.84 Å². The molecule has 1 aliphatic rings. The number of fused-ring (bicyclic) bond motifs is 1. The molecule has 3 rings (SSSR count). The molecule has 5 heteroatoms. The summed E-state index contributed by atoms with van der Waals surface area (Å²) in [4.78, 5) is 4.21. The van der Waals surface area contributed by atoms with Crippen LogP contribution in [0.4, 0.5) is 0 Å². The quantitative estimate of drug-likeness (QED) is 0.393. The Hall–Kier alpha value is -2.56. The molecule has 21 heavy (non-hydrogen) atoms. The molecular formula is C16H17N3O2. The molecule has 1 heterocycles. The van der Waals surface area contributed by atoms with E-state index in [2.05, 4.69) is 22.3 Å². The number of aryl methyl sites for hydroxylation is 2. The normalized spacial score (nSPS) is 14.6. The van der Waals surface area contributed by atoms with Gasteiger partial charge < -0.3 is 15.7 Å². The molecule has 0 bridgehead atoms. The first kappa shape index (κ1) is 13.4. The van der Waals surface area contributed by atoms with Gasteiger partial charge in [-0.25, -0.2) is 4.98 Å². The Morgan fingerprint density at radius 3 is 2.76 bits per heavy atom. The summed E-state index contributed by atoms with van der Waals surface area (Å²) < 4.78 is 5.78. The van der Waals surface area contributed by atoms with Gasteiger partial charge in [0.1, 0.15) is 11.4 Å². The number of benzene rings is 1. The molecule has 108 valence electrons. The fourth-order valence-electron chi connectivity index (χ4n) is 2.56. The van der Waals surface area contributed by atoms with Gasteiger partial charge in [-0.15, -0.1) is 0 Å². The third kappa shape index (κ3) is 2.97. The Bertz CT molecular complexity index is 683. The van der Waals surface area contributed by atoms with E-state index in [-0.39, 0.29) is 5.84 Å². The lowest BCUT2D eigenvalue weighted by Gasteiger charge is -2.16. The topological polar surface area (TPSA) is 80.7 Å². The summed E-state index contributed by atoms with van der Waals surface area (Å²) in [5, 5.41) is 11.6. The third-order valence-electron chi connectivity index (χ3n) is 3.64. The lowest BCUT2D eigenvalue weighted by Crippen LogP contribution is -2.14. The first-order chi connectivity index (χ1) is 10.3. The van der Waals surface area contributed by atoms with Crippen molar-refractivity contribution in [2.24, 2.45) is 10.9 Å². The van der Waals surface area contributed by atoms with E-state index >= 15 is 0 Å². The number of pyridine rings is 1. The first-order valence-corrected chi connectivity index (χ1v) is 7.01. The molecule has 0 fully saturated rings. The zero-order valence-corrected chi connectivity index (χ0v) is 11.6. The number of ether oxygens (including phenoxy) is 1. The zero-order valence-electron chi connectivity index (χ0n) is 11.6. The van der Waals surface area contributed by atoms with Crippen LogP contribution in [0.15, 0.2) is 41.6 Å². The van der Waals surface area contributed by atoms with Gasteiger partial charge in [0.15, 0.2) is 5.84 Å². The summed E-state index contributed by atoms with van der Waals surface area (Å²) >= 11 is 0. The summed E-state index contributed by atoms with van der Waals surface area (Å²) in [6.45, 7) is 0. The van der Waals surface area contributed by atoms with Crippen LogP contribution in [0.1, 0.15) is 29.7 Å². The molecule has 1 aromatic carbocycles. The van der Waals surface area contributed by atoms with Crippen LogP contribution in [0.3, 0.4) is 0 Å². The second-order valence-electron chi connectivity index (χ2n) is 5.09. The standard InChI is InChI=1S/C16H17N3O2/c17-16(19-20)14-6-3-7-15(18-14)21-13-9-8-11-4-1-2-5-12(11)10-13/h3,6-10,20H,1-2,4-5H2,(H2,17,19). The number of nitrogens with zero attached hydrogens (tertiary/aromatic N) is 2. The molecule has 0 atom stereocenters. The van der Waals surface area contributed by atoms with Crippen molar-refractivity contribution in [2.75, 3.05) is 0 Å². The molecule has 2 aromatic rings. The number of hydrogen-bond donors (Lipinski definition) is 2. The van der Waals surface area contributed by atoms with Gasteiger partial charge in [-0.2, -0.15) is 0 Å². The first-order valence-electron chi connectivity index (χ1n) is 7.01. The van der Waals surface area contributed by atoms with Crippen molar-refractivity contribution in [1.82, 2.24) is 4.98 Å². The van der Waals surface area contributed by atoms with Crippen LogP contribution in [-0.2, 0) is 12.8 Å². The summed E-state index contributed by atoms with van der Waals surface area (Å²) in [7, 11) is 0. The molecule has 0 aliphatic heterocycles. The highest BCUT2D eigenvalue weighted by Gasteiger charge is 2.11. The number of aromatic nitrogens is 1. The van der Waals surface area contributed by atoms with E-state index in [1.54, 1.807) is 18.2 Å². The summed E-state index contributed by atoms with van der Waals surface area (Å²) in [5.41, 5.74) is 8.67. The van der Waals surface area contributed by atoms with Crippen molar-refractivity contribution in [2.45, 2.75) is 25.7 Å². The van der Waals surface area contributed by atoms with E-state index in [9.17, 15) is 0 Å².